The smallest absolute Gasteiger partial charge is 0.397 e. The second-order valence-electron chi connectivity index (χ2n) is 5.07. The fourth-order valence-electron chi connectivity index (χ4n) is 2.01. The van der Waals surface area contributed by atoms with E-state index in [0.29, 0.717) is 17.7 Å². The first-order chi connectivity index (χ1) is 10.4. The van der Waals surface area contributed by atoms with Crippen LogP contribution in [0, 0.1) is 0 Å². The maximum atomic E-state index is 11.5. The lowest BCUT2D eigenvalue weighted by Gasteiger charge is -2.10. The molecule has 0 unspecified atom stereocenters. The summed E-state index contributed by atoms with van der Waals surface area (Å²) in [4.78, 5) is 34.3. The third-order valence-electron chi connectivity index (χ3n) is 3.23. The Morgan fingerprint density at radius 1 is 1.00 bits per heavy atom. The van der Waals surface area contributed by atoms with Crippen molar-refractivity contribution in [2.24, 2.45) is 0 Å². The highest BCUT2D eigenvalue weighted by Gasteiger charge is 2.18. The lowest BCUT2D eigenvalue weighted by Crippen LogP contribution is -2.32. The van der Waals surface area contributed by atoms with E-state index < -0.39 is 17.1 Å². The number of halogens is 1. The first kappa shape index (κ1) is 20.6. The monoisotopic (exact) mass is 331 g/mol. The zero-order valence-corrected chi connectivity index (χ0v) is 14.4. The number of hydrogen-bond acceptors (Lipinski definition) is 4. The molecule has 0 aromatic heterocycles. The quantitative estimate of drug-likeness (QED) is 0.219. The largest absolute Gasteiger partial charge is 0.459 e. The molecular formula is C16H26ClNO4. The van der Waals surface area contributed by atoms with Crippen molar-refractivity contribution in [3.05, 3.63) is 11.3 Å². The third kappa shape index (κ3) is 8.82. The van der Waals surface area contributed by atoms with Gasteiger partial charge >= 0.3 is 11.9 Å². The van der Waals surface area contributed by atoms with E-state index in [0.717, 1.165) is 19.3 Å². The normalized spacial score (nSPS) is 11.6. The minimum Gasteiger partial charge on any atom is -0.459 e. The standard InChI is InChI=1S/C16H26ClNO4/c1-4-6-7-8-9-10-11-13(14(17)19)12(3)18-15(20)16(21)22-5-2/h4-11H2,1-3H3,(H,18,20)/b13-12-. The van der Waals surface area contributed by atoms with Crippen molar-refractivity contribution in [2.45, 2.75) is 65.7 Å². The fraction of sp³-hybridized carbons (Fsp3) is 0.688. The average Bonchev–Trinajstić information content (AvgIpc) is 2.46. The van der Waals surface area contributed by atoms with Crippen molar-refractivity contribution in [3.63, 3.8) is 0 Å². The zero-order valence-electron chi connectivity index (χ0n) is 13.7. The average molecular weight is 332 g/mol. The van der Waals surface area contributed by atoms with Gasteiger partial charge in [0.05, 0.1) is 6.61 Å². The van der Waals surface area contributed by atoms with E-state index in [1.54, 1.807) is 13.8 Å². The van der Waals surface area contributed by atoms with Gasteiger partial charge in [-0.1, -0.05) is 39.0 Å². The summed E-state index contributed by atoms with van der Waals surface area (Å²) in [6.45, 7) is 5.45. The lowest BCUT2D eigenvalue weighted by atomic mass is 10.0. The Morgan fingerprint density at radius 2 is 1.59 bits per heavy atom. The molecule has 6 heteroatoms. The minimum absolute atomic E-state index is 0.119. The van der Waals surface area contributed by atoms with Crippen molar-refractivity contribution in [1.82, 2.24) is 5.32 Å². The van der Waals surface area contributed by atoms with Gasteiger partial charge in [0.15, 0.2) is 0 Å². The van der Waals surface area contributed by atoms with E-state index in [9.17, 15) is 14.4 Å². The van der Waals surface area contributed by atoms with Crippen LogP contribution < -0.4 is 5.32 Å². The molecule has 0 spiro atoms. The van der Waals surface area contributed by atoms with E-state index in [1.807, 2.05) is 0 Å². The Balaban J connectivity index is 4.47. The molecule has 0 atom stereocenters. The molecule has 0 saturated carbocycles. The van der Waals surface area contributed by atoms with Gasteiger partial charge < -0.3 is 10.1 Å². The van der Waals surface area contributed by atoms with E-state index >= 15 is 0 Å². The number of allylic oxidation sites excluding steroid dienone is 2. The summed E-state index contributed by atoms with van der Waals surface area (Å²) in [5, 5.41) is 1.77. The topological polar surface area (TPSA) is 72.5 Å². The van der Waals surface area contributed by atoms with Crippen molar-refractivity contribution < 1.29 is 19.1 Å². The number of rotatable bonds is 10. The highest BCUT2D eigenvalue weighted by Crippen LogP contribution is 2.16. The Morgan fingerprint density at radius 3 is 2.14 bits per heavy atom. The molecule has 0 saturated heterocycles. The van der Waals surface area contributed by atoms with Crippen molar-refractivity contribution in [1.29, 1.82) is 0 Å². The molecule has 126 valence electrons. The summed E-state index contributed by atoms with van der Waals surface area (Å²) in [7, 11) is 0. The third-order valence-corrected chi connectivity index (χ3v) is 3.46. The molecule has 22 heavy (non-hydrogen) atoms. The van der Waals surface area contributed by atoms with Gasteiger partial charge in [-0.15, -0.1) is 0 Å². The lowest BCUT2D eigenvalue weighted by molar-refractivity contribution is -0.154. The summed E-state index contributed by atoms with van der Waals surface area (Å²) in [5.74, 6) is -1.86. The summed E-state index contributed by atoms with van der Waals surface area (Å²) in [5.41, 5.74) is 0.654. The first-order valence-electron chi connectivity index (χ1n) is 7.81. The molecule has 0 fully saturated rings. The highest BCUT2D eigenvalue weighted by atomic mass is 35.5. The maximum absolute atomic E-state index is 11.5. The molecule has 1 N–H and O–H groups in total. The summed E-state index contributed by atoms with van der Waals surface area (Å²) < 4.78 is 4.59. The van der Waals surface area contributed by atoms with Crippen LogP contribution in [-0.4, -0.2) is 23.7 Å². The molecule has 0 heterocycles. The maximum Gasteiger partial charge on any atom is 0.397 e. The van der Waals surface area contributed by atoms with Crippen LogP contribution in [0.5, 0.6) is 0 Å². The van der Waals surface area contributed by atoms with Gasteiger partial charge in [-0.05, 0) is 38.3 Å². The molecule has 0 radical (unpaired) electrons. The number of ether oxygens (including phenoxy) is 1. The predicted molar refractivity (Wildman–Crippen MR) is 86.3 cm³/mol. The molecule has 0 aromatic rings. The Hall–Kier alpha value is -1.36. The van der Waals surface area contributed by atoms with Crippen LogP contribution in [0.4, 0.5) is 0 Å². The van der Waals surface area contributed by atoms with Gasteiger partial charge in [-0.3, -0.25) is 9.59 Å². The van der Waals surface area contributed by atoms with Crippen molar-refractivity contribution in [2.75, 3.05) is 6.61 Å². The first-order valence-corrected chi connectivity index (χ1v) is 8.19. The number of hydrogen-bond donors (Lipinski definition) is 1. The number of amides is 1. The number of carbonyl (C=O) groups is 3. The van der Waals surface area contributed by atoms with Gasteiger partial charge in [0.25, 0.3) is 0 Å². The Bertz CT molecular complexity index is 418. The minimum atomic E-state index is -0.970. The van der Waals surface area contributed by atoms with Gasteiger partial charge in [0.1, 0.15) is 0 Å². The van der Waals surface area contributed by atoms with E-state index in [2.05, 4.69) is 17.0 Å². The molecule has 0 aliphatic heterocycles. The Kier molecular flexibility index (Phi) is 11.5. The van der Waals surface area contributed by atoms with Crippen LogP contribution in [0.2, 0.25) is 0 Å². The number of nitrogens with one attached hydrogen (secondary N) is 1. The van der Waals surface area contributed by atoms with Gasteiger partial charge in [-0.25, -0.2) is 4.79 Å². The number of esters is 1. The van der Waals surface area contributed by atoms with E-state index in [-0.39, 0.29) is 6.61 Å². The van der Waals surface area contributed by atoms with Gasteiger partial charge in [-0.2, -0.15) is 0 Å². The highest BCUT2D eigenvalue weighted by molar-refractivity contribution is 6.67. The molecule has 0 bridgehead atoms. The summed E-state index contributed by atoms with van der Waals surface area (Å²) >= 11 is 5.56. The van der Waals surface area contributed by atoms with Crippen LogP contribution in [0.1, 0.15) is 65.7 Å². The fourth-order valence-corrected chi connectivity index (χ4v) is 2.24. The molecule has 1 amide bonds. The molecule has 0 rings (SSSR count). The molecule has 5 nitrogen and oxygen atoms in total. The molecular weight excluding hydrogens is 306 g/mol. The van der Waals surface area contributed by atoms with E-state index in [1.165, 1.54) is 19.3 Å². The Labute approximate surface area is 137 Å². The van der Waals surface area contributed by atoms with E-state index in [4.69, 9.17) is 11.6 Å². The molecule has 0 aliphatic carbocycles. The predicted octanol–water partition coefficient (Wildman–Crippen LogP) is 3.46. The molecule has 0 aliphatic rings. The second kappa shape index (κ2) is 12.2. The number of carbonyl (C=O) groups excluding carboxylic acids is 3. The zero-order chi connectivity index (χ0) is 17.0. The SMILES string of the molecule is CCCCCCCC/C(C(=O)Cl)=C(\C)NC(=O)C(=O)OCC. The van der Waals surface area contributed by atoms with Crippen molar-refractivity contribution in [3.8, 4) is 0 Å². The number of unbranched alkanes of at least 4 members (excludes halogenated alkanes) is 5. The summed E-state index contributed by atoms with van der Waals surface area (Å²) in [6, 6.07) is 0. The van der Waals surface area contributed by atoms with Crippen LogP contribution in [0.15, 0.2) is 11.3 Å². The molecule has 0 aromatic carbocycles. The van der Waals surface area contributed by atoms with Gasteiger partial charge in [0.2, 0.25) is 5.24 Å². The second-order valence-corrected chi connectivity index (χ2v) is 5.41. The van der Waals surface area contributed by atoms with Crippen LogP contribution in [0.3, 0.4) is 0 Å². The van der Waals surface area contributed by atoms with Crippen LogP contribution >= 0.6 is 11.6 Å². The van der Waals surface area contributed by atoms with Crippen molar-refractivity contribution >= 4 is 28.7 Å². The van der Waals surface area contributed by atoms with Crippen LogP contribution in [-0.2, 0) is 19.1 Å². The van der Waals surface area contributed by atoms with Gasteiger partial charge in [0, 0.05) is 11.3 Å². The van der Waals surface area contributed by atoms with Crippen LogP contribution in [0.25, 0.3) is 0 Å². The summed E-state index contributed by atoms with van der Waals surface area (Å²) in [6.07, 6.45) is 7.02.